The van der Waals surface area contributed by atoms with Crippen molar-refractivity contribution in [2.24, 2.45) is 12.2 Å². The van der Waals surface area contributed by atoms with Crippen LogP contribution in [0.5, 0.6) is 0 Å². The fourth-order valence-electron chi connectivity index (χ4n) is 8.54. The lowest BCUT2D eigenvalue weighted by Crippen LogP contribution is -2.71. The van der Waals surface area contributed by atoms with E-state index in [1.807, 2.05) is 115 Å². The summed E-state index contributed by atoms with van der Waals surface area (Å²) in [5.41, 5.74) is 4.25. The first-order valence-corrected chi connectivity index (χ1v) is 25.2. The monoisotopic (exact) mass is 988 g/mol. The Morgan fingerprint density at radius 1 is 0.857 bits per heavy atom. The predicted octanol–water partition coefficient (Wildman–Crippen LogP) is 6.46. The first-order valence-electron chi connectivity index (χ1n) is 22.3. The number of oxime groups is 1. The van der Waals surface area contributed by atoms with Crippen molar-refractivity contribution in [3.63, 3.8) is 0 Å². The molecule has 70 heavy (non-hydrogen) atoms. The number of anilines is 1. The fourth-order valence-corrected chi connectivity index (χ4v) is 11.6. The van der Waals surface area contributed by atoms with Gasteiger partial charge >= 0.3 is 5.97 Å². The third kappa shape index (κ3) is 9.42. The Bertz CT molecular complexity index is 2920. The van der Waals surface area contributed by atoms with Gasteiger partial charge in [0.2, 0.25) is 11.1 Å². The van der Waals surface area contributed by atoms with Gasteiger partial charge in [0.1, 0.15) is 35.0 Å². The number of thiazole rings is 1. The van der Waals surface area contributed by atoms with Crippen molar-refractivity contribution >= 4 is 69.4 Å². The van der Waals surface area contributed by atoms with E-state index in [2.05, 4.69) is 73.0 Å². The number of ether oxygens (including phenoxy) is 1. The number of rotatable bonds is 18. The smallest absolute Gasteiger partial charge is 0.356 e. The lowest BCUT2D eigenvalue weighted by Gasteiger charge is -2.49. The van der Waals surface area contributed by atoms with Gasteiger partial charge in [-0.3, -0.25) is 19.3 Å². The van der Waals surface area contributed by atoms with Gasteiger partial charge in [0.05, 0.1) is 12.5 Å². The molecule has 2 unspecified atom stereocenters. The summed E-state index contributed by atoms with van der Waals surface area (Å²) in [6.07, 6.45) is -0.513. The van der Waals surface area contributed by atoms with Crippen molar-refractivity contribution in [2.75, 3.05) is 23.4 Å². The molecule has 3 amide bonds. The zero-order valence-electron chi connectivity index (χ0n) is 37.5. The number of carbonyl (C=O) groups is 4. The molecule has 10 rings (SSSR count). The Morgan fingerprint density at radius 2 is 1.43 bits per heavy atom. The average Bonchev–Trinajstić information content (AvgIpc) is 4.05. The van der Waals surface area contributed by atoms with E-state index in [0.717, 1.165) is 27.8 Å². The quantitative estimate of drug-likeness (QED) is 0.0212. The van der Waals surface area contributed by atoms with E-state index in [1.165, 1.54) is 44.4 Å². The van der Waals surface area contributed by atoms with Gasteiger partial charge in [-0.05, 0) is 43.8 Å². The van der Waals surface area contributed by atoms with E-state index in [9.17, 15) is 19.2 Å². The Morgan fingerprint density at radius 3 is 1.97 bits per heavy atom. The minimum Gasteiger partial charge on any atom is -0.448 e. The molecular formula is C51H44N10O6S3. The second-order valence-electron chi connectivity index (χ2n) is 16.5. The molecule has 0 aliphatic carbocycles. The van der Waals surface area contributed by atoms with Gasteiger partial charge in [-0.15, -0.1) is 28.2 Å². The van der Waals surface area contributed by atoms with Crippen LogP contribution < -0.4 is 16.0 Å². The summed E-state index contributed by atoms with van der Waals surface area (Å²) in [6, 6.07) is 47.6. The standard InChI is InChI=1S/C51H44N10O6S3/c1-60-50(56-58-59-60)70-30-34-29-68-47-42(46(64)61(47)43(34)48(65)67-44(32-17-7-2-8-18-32)33-19-9-3-10-20-33)54-45(63)41(57-66-28-38-27-40(62)52-38)39-31-69-49(53-39)55-51(35-21-11-4-12-22-35,36-23-13-5-14-24-36)37-25-15-6-16-26-37/h2-26,31,38,42,44,47H,27-30H2,1H3,(H,52,62)(H,53,55)(H,54,63)/b57-41-/t38?,42?,47-/m1/s1. The minimum atomic E-state index is -1.05. The third-order valence-electron chi connectivity index (χ3n) is 12.0. The molecule has 2 saturated heterocycles. The zero-order chi connectivity index (χ0) is 48.0. The van der Waals surface area contributed by atoms with E-state index in [-0.39, 0.29) is 47.8 Å². The second kappa shape index (κ2) is 20.5. The van der Waals surface area contributed by atoms with Gasteiger partial charge in [-0.1, -0.05) is 169 Å². The molecule has 2 aromatic heterocycles. The van der Waals surface area contributed by atoms with Gasteiger partial charge < -0.3 is 25.5 Å². The number of thioether (sulfide) groups is 2. The van der Waals surface area contributed by atoms with Gasteiger partial charge in [0, 0.05) is 23.9 Å². The molecule has 5 aromatic carbocycles. The Hall–Kier alpha value is -7.61. The van der Waals surface area contributed by atoms with Crippen molar-refractivity contribution in [3.8, 4) is 0 Å². The van der Waals surface area contributed by atoms with Crippen LogP contribution in [0.2, 0.25) is 0 Å². The van der Waals surface area contributed by atoms with Crippen LogP contribution in [-0.4, -0.2) is 95.1 Å². The fraction of sp³-hybridized carbons (Fsp3) is 0.196. The van der Waals surface area contributed by atoms with E-state index in [0.29, 0.717) is 21.6 Å². The number of esters is 1. The Kier molecular flexibility index (Phi) is 13.5. The summed E-state index contributed by atoms with van der Waals surface area (Å²) >= 11 is 4.02. The molecular weight excluding hydrogens is 945 g/mol. The number of fused-ring (bicyclic) bond motifs is 1. The summed E-state index contributed by atoms with van der Waals surface area (Å²) in [7, 11) is 1.72. The van der Waals surface area contributed by atoms with E-state index < -0.39 is 40.8 Å². The van der Waals surface area contributed by atoms with Crippen LogP contribution in [0.4, 0.5) is 5.13 Å². The van der Waals surface area contributed by atoms with Crippen LogP contribution in [0.3, 0.4) is 0 Å². The molecule has 7 aromatic rings. The van der Waals surface area contributed by atoms with Crippen LogP contribution >= 0.6 is 34.9 Å². The van der Waals surface area contributed by atoms with Crippen LogP contribution in [0.25, 0.3) is 0 Å². The van der Waals surface area contributed by atoms with Crippen LogP contribution in [0.15, 0.2) is 179 Å². The van der Waals surface area contributed by atoms with Crippen molar-refractivity contribution in [1.29, 1.82) is 0 Å². The molecule has 19 heteroatoms. The second-order valence-corrected chi connectivity index (χ2v) is 19.4. The van der Waals surface area contributed by atoms with Crippen molar-refractivity contribution < 1.29 is 28.8 Å². The van der Waals surface area contributed by atoms with E-state index in [1.54, 1.807) is 12.4 Å². The maximum Gasteiger partial charge on any atom is 0.356 e. The summed E-state index contributed by atoms with van der Waals surface area (Å²) in [6.45, 7) is 0.0138. The molecule has 3 aliphatic heterocycles. The van der Waals surface area contributed by atoms with Crippen LogP contribution in [-0.2, 0) is 41.3 Å². The van der Waals surface area contributed by atoms with Crippen LogP contribution in [0, 0.1) is 0 Å². The van der Waals surface area contributed by atoms with Gasteiger partial charge in [-0.2, -0.15) is 0 Å². The lowest BCUT2D eigenvalue weighted by molar-refractivity contribution is -0.154. The van der Waals surface area contributed by atoms with Crippen molar-refractivity contribution in [3.05, 3.63) is 202 Å². The molecule has 3 atom stereocenters. The number of tetrazole rings is 1. The average molecular weight is 989 g/mol. The molecule has 3 N–H and O–H groups in total. The number of nitrogens with one attached hydrogen (secondary N) is 3. The third-order valence-corrected chi connectivity index (χ3v) is 15.2. The SMILES string of the molecule is Cn1nnnc1SCC1=C(C(=O)OC(c2ccccc2)c2ccccc2)N2C(=O)C(NC(=O)/C(=N\OCC3CC(=O)N3)c3csc(NC(c4ccccc4)(c4ccccc4)c4ccccc4)n3)[C@H]2SC1. The van der Waals surface area contributed by atoms with Gasteiger partial charge in [0.25, 0.3) is 11.8 Å². The zero-order valence-corrected chi connectivity index (χ0v) is 39.9. The lowest BCUT2D eigenvalue weighted by atomic mass is 9.77. The Labute approximate surface area is 414 Å². The summed E-state index contributed by atoms with van der Waals surface area (Å²) in [5, 5.41) is 27.5. The molecule has 5 heterocycles. The maximum absolute atomic E-state index is 14.6. The first kappa shape index (κ1) is 46.1. The number of aromatic nitrogens is 5. The molecule has 16 nitrogen and oxygen atoms in total. The number of β-lactam (4-membered cyclic amide) rings is 2. The number of amides is 3. The molecule has 0 bridgehead atoms. The molecule has 0 spiro atoms. The van der Waals surface area contributed by atoms with Crippen molar-refractivity contribution in [2.45, 2.75) is 40.7 Å². The van der Waals surface area contributed by atoms with Crippen LogP contribution in [0.1, 0.15) is 46.0 Å². The highest BCUT2D eigenvalue weighted by Crippen LogP contribution is 2.44. The minimum absolute atomic E-state index is 0.0138. The number of hydrogen-bond donors (Lipinski definition) is 3. The van der Waals surface area contributed by atoms with E-state index in [4.69, 9.17) is 14.6 Å². The van der Waals surface area contributed by atoms with Gasteiger partial charge in [0.15, 0.2) is 16.9 Å². The summed E-state index contributed by atoms with van der Waals surface area (Å²) < 4.78 is 7.88. The number of aryl methyl sites for hydroxylation is 1. The first-order chi connectivity index (χ1) is 34.3. The number of carbonyl (C=O) groups excluding carboxylic acids is 4. The molecule has 3 aliphatic rings. The number of hydrogen-bond acceptors (Lipinski definition) is 15. The highest BCUT2D eigenvalue weighted by Gasteiger charge is 2.55. The highest BCUT2D eigenvalue weighted by molar-refractivity contribution is 8.01. The normalized spacial score (nSPS) is 17.8. The topological polar surface area (TPSA) is 195 Å². The number of nitrogens with zero attached hydrogens (tertiary/aromatic N) is 7. The summed E-state index contributed by atoms with van der Waals surface area (Å²) in [5.74, 6) is -1.39. The molecule has 0 saturated carbocycles. The molecule has 0 radical (unpaired) electrons. The number of benzene rings is 5. The van der Waals surface area contributed by atoms with Gasteiger partial charge in [-0.25, -0.2) is 14.5 Å². The predicted molar refractivity (Wildman–Crippen MR) is 266 cm³/mol. The Balaban J connectivity index is 0.942. The maximum atomic E-state index is 14.6. The summed E-state index contributed by atoms with van der Waals surface area (Å²) in [4.78, 5) is 67.5. The highest BCUT2D eigenvalue weighted by atomic mass is 32.2. The molecule has 352 valence electrons. The molecule has 2 fully saturated rings. The largest absolute Gasteiger partial charge is 0.448 e. The van der Waals surface area contributed by atoms with E-state index >= 15 is 0 Å². The van der Waals surface area contributed by atoms with Crippen molar-refractivity contribution in [1.82, 2.24) is 40.7 Å².